The second kappa shape index (κ2) is 5.41. The molecule has 2 heterocycles. The minimum absolute atomic E-state index is 0.154. The van der Waals surface area contributed by atoms with E-state index in [-0.39, 0.29) is 40.5 Å². The van der Waals surface area contributed by atoms with E-state index in [0.717, 1.165) is 50.5 Å². The van der Waals surface area contributed by atoms with Gasteiger partial charge in [-0.15, -0.1) is 0 Å². The van der Waals surface area contributed by atoms with Gasteiger partial charge in [-0.2, -0.15) is 0 Å². The summed E-state index contributed by atoms with van der Waals surface area (Å²) in [6.07, 6.45) is 8.16. The molecule has 10 atom stereocenters. The molecule has 0 amide bonds. The number of epoxide rings is 1. The summed E-state index contributed by atoms with van der Waals surface area (Å²) < 4.78 is 11.7. The quantitative estimate of drug-likeness (QED) is 0.533. The lowest BCUT2D eigenvalue weighted by Crippen LogP contribution is -2.63. The summed E-state index contributed by atoms with van der Waals surface area (Å²) in [7, 11) is 0. The van der Waals surface area contributed by atoms with Crippen LogP contribution in [0.3, 0.4) is 0 Å². The predicted octanol–water partition coefficient (Wildman–Crippen LogP) is 2.59. The molecule has 5 heteroatoms. The normalized spacial score (nSPS) is 59.5. The Kier molecular flexibility index (Phi) is 3.46. The van der Waals surface area contributed by atoms with Gasteiger partial charge in [-0.1, -0.05) is 13.8 Å². The molecule has 2 aliphatic heterocycles. The summed E-state index contributed by atoms with van der Waals surface area (Å²) in [5.74, 6) is 1.42. The number of carbonyl (C=O) groups is 1. The molecule has 0 bridgehead atoms. The third-order valence-corrected chi connectivity index (χ3v) is 10.3. The number of esters is 1. The van der Waals surface area contributed by atoms with E-state index in [0.29, 0.717) is 24.4 Å². The van der Waals surface area contributed by atoms with E-state index in [1.807, 2.05) is 0 Å². The highest BCUT2D eigenvalue weighted by Gasteiger charge is 2.83. The SMILES string of the molecule is C[C@]12CC[C@H](O)C[C@H]1CC[C@@H]1[C@@H]2C[C@@H](O)[C@]2(C)[C@@H](C3=CC(=O)OC3)C[C@H]3O[C@]132. The first-order chi connectivity index (χ1) is 13.3. The lowest BCUT2D eigenvalue weighted by atomic mass is 9.43. The van der Waals surface area contributed by atoms with Crippen molar-refractivity contribution in [3.05, 3.63) is 11.6 Å². The highest BCUT2D eigenvalue weighted by molar-refractivity contribution is 5.85. The van der Waals surface area contributed by atoms with Crippen LogP contribution in [0.2, 0.25) is 0 Å². The molecular weight excluding hydrogens is 356 g/mol. The number of rotatable bonds is 1. The topological polar surface area (TPSA) is 79.3 Å². The second-order valence-corrected chi connectivity index (χ2v) is 11.0. The van der Waals surface area contributed by atoms with Crippen LogP contribution in [0.15, 0.2) is 11.6 Å². The first-order valence-corrected chi connectivity index (χ1v) is 11.2. The average molecular weight is 389 g/mol. The molecular formula is C23H32O5. The Morgan fingerprint density at radius 2 is 1.89 bits per heavy atom. The molecule has 1 saturated heterocycles. The maximum atomic E-state index is 11.7. The lowest BCUT2D eigenvalue weighted by molar-refractivity contribution is -0.187. The van der Waals surface area contributed by atoms with E-state index >= 15 is 0 Å². The highest BCUT2D eigenvalue weighted by Crippen LogP contribution is 2.77. The molecule has 1 spiro atoms. The van der Waals surface area contributed by atoms with Gasteiger partial charge in [0.05, 0.1) is 18.3 Å². The van der Waals surface area contributed by atoms with Crippen molar-refractivity contribution in [2.75, 3.05) is 6.61 Å². The molecule has 5 fully saturated rings. The number of aliphatic hydroxyl groups excluding tert-OH is 2. The number of cyclic esters (lactones) is 1. The number of carbonyl (C=O) groups excluding carboxylic acids is 1. The molecule has 5 nitrogen and oxygen atoms in total. The molecule has 0 unspecified atom stereocenters. The summed E-state index contributed by atoms with van der Waals surface area (Å²) in [6.45, 7) is 5.01. The maximum Gasteiger partial charge on any atom is 0.331 e. The number of hydrogen-bond donors (Lipinski definition) is 2. The predicted molar refractivity (Wildman–Crippen MR) is 101 cm³/mol. The second-order valence-electron chi connectivity index (χ2n) is 11.0. The Morgan fingerprint density at radius 3 is 2.64 bits per heavy atom. The van der Waals surface area contributed by atoms with Gasteiger partial charge in [-0.3, -0.25) is 0 Å². The van der Waals surface area contributed by atoms with Gasteiger partial charge >= 0.3 is 5.97 Å². The smallest absolute Gasteiger partial charge is 0.331 e. The highest BCUT2D eigenvalue weighted by atomic mass is 16.6. The van der Waals surface area contributed by atoms with E-state index in [2.05, 4.69) is 13.8 Å². The van der Waals surface area contributed by atoms with Crippen LogP contribution in [0.25, 0.3) is 0 Å². The Morgan fingerprint density at radius 1 is 1.07 bits per heavy atom. The molecule has 0 aromatic rings. The van der Waals surface area contributed by atoms with Crippen molar-refractivity contribution >= 4 is 5.97 Å². The summed E-state index contributed by atoms with van der Waals surface area (Å²) in [5.41, 5.74) is 0.673. The molecule has 0 aromatic heterocycles. The number of ether oxygens (including phenoxy) is 2. The van der Waals surface area contributed by atoms with Crippen molar-refractivity contribution in [3.63, 3.8) is 0 Å². The summed E-state index contributed by atoms with van der Waals surface area (Å²) >= 11 is 0. The van der Waals surface area contributed by atoms with Crippen molar-refractivity contribution in [1.29, 1.82) is 0 Å². The van der Waals surface area contributed by atoms with Crippen LogP contribution in [-0.4, -0.2) is 46.7 Å². The molecule has 0 radical (unpaired) electrons. The molecule has 6 rings (SSSR count). The maximum absolute atomic E-state index is 11.7. The van der Waals surface area contributed by atoms with Gasteiger partial charge in [0, 0.05) is 11.5 Å². The molecule has 2 N–H and O–H groups in total. The zero-order valence-electron chi connectivity index (χ0n) is 16.9. The molecule has 0 aromatic carbocycles. The van der Waals surface area contributed by atoms with Crippen LogP contribution in [0.5, 0.6) is 0 Å². The third kappa shape index (κ3) is 1.92. The van der Waals surface area contributed by atoms with Crippen LogP contribution < -0.4 is 0 Å². The lowest BCUT2D eigenvalue weighted by Gasteiger charge is -2.62. The monoisotopic (exact) mass is 388 g/mol. The van der Waals surface area contributed by atoms with Crippen LogP contribution in [0.1, 0.15) is 58.8 Å². The van der Waals surface area contributed by atoms with Crippen molar-refractivity contribution in [1.82, 2.24) is 0 Å². The van der Waals surface area contributed by atoms with E-state index in [4.69, 9.17) is 9.47 Å². The molecule has 4 aliphatic carbocycles. The van der Waals surface area contributed by atoms with Crippen molar-refractivity contribution in [2.24, 2.45) is 34.5 Å². The van der Waals surface area contributed by atoms with E-state index in [9.17, 15) is 15.0 Å². The molecule has 28 heavy (non-hydrogen) atoms. The minimum Gasteiger partial charge on any atom is -0.458 e. The zero-order valence-corrected chi connectivity index (χ0v) is 16.9. The zero-order chi connectivity index (χ0) is 19.5. The van der Waals surface area contributed by atoms with E-state index < -0.39 is 6.10 Å². The van der Waals surface area contributed by atoms with Crippen LogP contribution in [-0.2, 0) is 14.3 Å². The van der Waals surface area contributed by atoms with Crippen LogP contribution >= 0.6 is 0 Å². The first-order valence-electron chi connectivity index (χ1n) is 11.2. The first kappa shape index (κ1) is 17.9. The van der Waals surface area contributed by atoms with Crippen molar-refractivity contribution in [2.45, 2.75) is 82.7 Å². The van der Waals surface area contributed by atoms with Gasteiger partial charge in [-0.05, 0) is 79.6 Å². The van der Waals surface area contributed by atoms with Gasteiger partial charge in [0.15, 0.2) is 0 Å². The van der Waals surface area contributed by atoms with E-state index in [1.165, 1.54) is 0 Å². The fraction of sp³-hybridized carbons (Fsp3) is 0.870. The van der Waals surface area contributed by atoms with Crippen molar-refractivity contribution in [3.8, 4) is 0 Å². The average Bonchev–Trinajstić information content (AvgIpc) is 3.10. The number of hydrogen-bond acceptors (Lipinski definition) is 5. The molecule has 6 aliphatic rings. The van der Waals surface area contributed by atoms with Gasteiger partial charge in [0.25, 0.3) is 0 Å². The van der Waals surface area contributed by atoms with Gasteiger partial charge < -0.3 is 19.7 Å². The fourth-order valence-corrected chi connectivity index (χ4v) is 8.78. The Hall–Kier alpha value is -0.910. The standard InChI is InChI=1S/C23H32O5/c1-21-6-5-14(24)8-13(21)3-4-15-17(21)9-18(25)22(2)16(10-19-23(15,22)28-19)12-7-20(26)27-11-12/h7,13-19,24-25H,3-6,8-11H2,1-2H3/t13-,14+,15-,16-,17+,18-,19-,21+,22+,23-/m1/s1. The van der Waals surface area contributed by atoms with Crippen LogP contribution in [0, 0.1) is 34.5 Å². The van der Waals surface area contributed by atoms with Gasteiger partial charge in [0.1, 0.15) is 12.2 Å². The Bertz CT molecular complexity index is 762. The van der Waals surface area contributed by atoms with E-state index in [1.54, 1.807) is 6.08 Å². The summed E-state index contributed by atoms with van der Waals surface area (Å²) in [5, 5.41) is 21.8. The number of aliphatic hydroxyl groups is 2. The Labute approximate surface area is 166 Å². The molecule has 4 saturated carbocycles. The third-order valence-electron chi connectivity index (χ3n) is 10.3. The van der Waals surface area contributed by atoms with Crippen LogP contribution in [0.4, 0.5) is 0 Å². The summed E-state index contributed by atoms with van der Waals surface area (Å²) in [6, 6.07) is 0. The van der Waals surface area contributed by atoms with Crippen molar-refractivity contribution < 1.29 is 24.5 Å². The summed E-state index contributed by atoms with van der Waals surface area (Å²) in [4.78, 5) is 11.7. The number of fused-ring (bicyclic) bond motifs is 3. The minimum atomic E-state index is -0.426. The van der Waals surface area contributed by atoms with Gasteiger partial charge in [0.2, 0.25) is 0 Å². The Balaban J connectivity index is 1.38. The largest absolute Gasteiger partial charge is 0.458 e. The van der Waals surface area contributed by atoms with Gasteiger partial charge in [-0.25, -0.2) is 4.79 Å². The molecule has 154 valence electrons. The fourth-order valence-electron chi connectivity index (χ4n) is 8.78.